The molecule has 1 aromatic rings. The average Bonchev–Trinajstić information content (AvgIpc) is 2.99. The molecule has 1 fully saturated rings. The second kappa shape index (κ2) is 7.65. The number of nitrogens with one attached hydrogen (secondary N) is 1. The molecule has 0 aromatic carbocycles. The standard InChI is InChI=1S/C16H28N4O3S/c1-5-15-12(2)18-20(13(15)3)8-7-17-16(21)10-19(4)14-6-9-24(22,23)11-14/h14H,5-11H2,1-4H3,(H,17,21). The van der Waals surface area contributed by atoms with Gasteiger partial charge in [0.25, 0.3) is 0 Å². The predicted octanol–water partition coefficient (Wildman–Crippen LogP) is 0.297. The molecule has 0 saturated carbocycles. The van der Waals surface area contributed by atoms with Gasteiger partial charge in [-0.2, -0.15) is 5.10 Å². The third-order valence-electron chi connectivity index (χ3n) is 4.76. The van der Waals surface area contributed by atoms with E-state index in [9.17, 15) is 13.2 Å². The lowest BCUT2D eigenvalue weighted by molar-refractivity contribution is -0.122. The SMILES string of the molecule is CCc1c(C)nn(CCNC(=O)CN(C)C2CCS(=O)(=O)C2)c1C. The maximum Gasteiger partial charge on any atom is 0.234 e. The summed E-state index contributed by atoms with van der Waals surface area (Å²) in [6.45, 7) is 7.54. The van der Waals surface area contributed by atoms with Crippen LogP contribution in [0.25, 0.3) is 0 Å². The summed E-state index contributed by atoms with van der Waals surface area (Å²) in [5, 5.41) is 7.40. The monoisotopic (exact) mass is 356 g/mol. The van der Waals surface area contributed by atoms with Crippen molar-refractivity contribution in [3.8, 4) is 0 Å². The summed E-state index contributed by atoms with van der Waals surface area (Å²) in [6, 6.07) is -0.0520. The second-order valence-corrected chi connectivity index (χ2v) is 8.78. The molecule has 1 amide bonds. The molecule has 0 bridgehead atoms. The quantitative estimate of drug-likeness (QED) is 0.759. The molecule has 0 spiro atoms. The van der Waals surface area contributed by atoms with Crippen LogP contribution in [0.1, 0.15) is 30.3 Å². The van der Waals surface area contributed by atoms with Crippen LogP contribution in [0.3, 0.4) is 0 Å². The van der Waals surface area contributed by atoms with Crippen molar-refractivity contribution in [1.29, 1.82) is 0 Å². The third kappa shape index (κ3) is 4.57. The van der Waals surface area contributed by atoms with Crippen LogP contribution in [0.4, 0.5) is 0 Å². The molecular formula is C16H28N4O3S. The van der Waals surface area contributed by atoms with Crippen LogP contribution in [0.15, 0.2) is 0 Å². The number of hydrogen-bond acceptors (Lipinski definition) is 5. The summed E-state index contributed by atoms with van der Waals surface area (Å²) in [5.41, 5.74) is 3.46. The molecule has 1 aliphatic rings. The van der Waals surface area contributed by atoms with Gasteiger partial charge < -0.3 is 5.32 Å². The first-order valence-corrected chi connectivity index (χ1v) is 10.3. The van der Waals surface area contributed by atoms with E-state index in [4.69, 9.17) is 0 Å². The Hall–Kier alpha value is -1.41. The minimum atomic E-state index is -2.92. The van der Waals surface area contributed by atoms with Gasteiger partial charge >= 0.3 is 0 Å². The maximum absolute atomic E-state index is 12.0. The molecule has 0 aliphatic carbocycles. The molecule has 1 saturated heterocycles. The molecule has 1 aromatic heterocycles. The number of carbonyl (C=O) groups is 1. The van der Waals surface area contributed by atoms with Gasteiger partial charge in [-0.15, -0.1) is 0 Å². The number of nitrogens with zero attached hydrogens (tertiary/aromatic N) is 3. The van der Waals surface area contributed by atoms with E-state index in [1.54, 1.807) is 7.05 Å². The van der Waals surface area contributed by atoms with Crippen LogP contribution in [-0.4, -0.2) is 66.7 Å². The first-order valence-electron chi connectivity index (χ1n) is 8.43. The van der Waals surface area contributed by atoms with E-state index in [0.717, 1.165) is 17.8 Å². The normalized spacial score (nSPS) is 19.8. The molecule has 1 N–H and O–H groups in total. The molecule has 2 heterocycles. The third-order valence-corrected chi connectivity index (χ3v) is 6.51. The molecule has 1 atom stereocenters. The fraction of sp³-hybridized carbons (Fsp3) is 0.750. The Morgan fingerprint density at radius 3 is 2.67 bits per heavy atom. The van der Waals surface area contributed by atoms with Gasteiger partial charge in [0.1, 0.15) is 0 Å². The second-order valence-electron chi connectivity index (χ2n) is 6.55. The molecule has 2 rings (SSSR count). The highest BCUT2D eigenvalue weighted by molar-refractivity contribution is 7.91. The van der Waals surface area contributed by atoms with Gasteiger partial charge in [0.05, 0.1) is 30.3 Å². The number of aryl methyl sites for hydroxylation is 1. The molecule has 8 heteroatoms. The van der Waals surface area contributed by atoms with Gasteiger partial charge in [-0.1, -0.05) is 6.92 Å². The summed E-state index contributed by atoms with van der Waals surface area (Å²) in [4.78, 5) is 13.9. The minimum absolute atomic E-state index is 0.0520. The maximum atomic E-state index is 12.0. The summed E-state index contributed by atoms with van der Waals surface area (Å²) < 4.78 is 25.0. The minimum Gasteiger partial charge on any atom is -0.353 e. The number of rotatable bonds is 7. The summed E-state index contributed by atoms with van der Waals surface area (Å²) in [6.07, 6.45) is 1.57. The van der Waals surface area contributed by atoms with Gasteiger partial charge in [-0.05, 0) is 39.3 Å². The van der Waals surface area contributed by atoms with Gasteiger partial charge in [-0.25, -0.2) is 8.42 Å². The fourth-order valence-electron chi connectivity index (χ4n) is 3.30. The van der Waals surface area contributed by atoms with E-state index in [1.165, 1.54) is 5.56 Å². The molecule has 24 heavy (non-hydrogen) atoms. The number of sulfone groups is 1. The highest BCUT2D eigenvalue weighted by Crippen LogP contribution is 2.16. The number of amides is 1. The Balaban J connectivity index is 1.77. The van der Waals surface area contributed by atoms with Gasteiger partial charge in [0.15, 0.2) is 9.84 Å². The van der Waals surface area contributed by atoms with Crippen molar-refractivity contribution < 1.29 is 13.2 Å². The summed E-state index contributed by atoms with van der Waals surface area (Å²) in [5.74, 6) is 0.294. The molecule has 1 aliphatic heterocycles. The van der Waals surface area contributed by atoms with Crippen molar-refractivity contribution in [2.75, 3.05) is 31.6 Å². The van der Waals surface area contributed by atoms with E-state index in [1.807, 2.05) is 16.5 Å². The Morgan fingerprint density at radius 2 is 2.12 bits per heavy atom. The van der Waals surface area contributed by atoms with Crippen molar-refractivity contribution >= 4 is 15.7 Å². The Morgan fingerprint density at radius 1 is 1.42 bits per heavy atom. The zero-order valence-electron chi connectivity index (χ0n) is 15.0. The van der Waals surface area contributed by atoms with Crippen LogP contribution in [0.2, 0.25) is 0 Å². The number of aromatic nitrogens is 2. The zero-order valence-corrected chi connectivity index (χ0v) is 15.8. The highest BCUT2D eigenvalue weighted by Gasteiger charge is 2.31. The number of hydrogen-bond donors (Lipinski definition) is 1. The first kappa shape index (κ1) is 18.9. The molecule has 0 radical (unpaired) electrons. The van der Waals surface area contributed by atoms with Crippen LogP contribution < -0.4 is 5.32 Å². The predicted molar refractivity (Wildman–Crippen MR) is 93.8 cm³/mol. The van der Waals surface area contributed by atoms with Gasteiger partial charge in [0, 0.05) is 18.3 Å². The van der Waals surface area contributed by atoms with Crippen molar-refractivity contribution in [3.05, 3.63) is 17.0 Å². The number of likely N-dealkylation sites (N-methyl/N-ethyl adjacent to an activating group) is 1. The molecular weight excluding hydrogens is 328 g/mol. The van der Waals surface area contributed by atoms with E-state index >= 15 is 0 Å². The Labute approximate surface area is 144 Å². The van der Waals surface area contributed by atoms with E-state index < -0.39 is 9.84 Å². The average molecular weight is 356 g/mol. The Kier molecular flexibility index (Phi) is 6.03. The molecule has 7 nitrogen and oxygen atoms in total. The molecule has 1 unspecified atom stereocenters. The lowest BCUT2D eigenvalue weighted by Crippen LogP contribution is -2.42. The van der Waals surface area contributed by atoms with Crippen molar-refractivity contribution in [3.63, 3.8) is 0 Å². The van der Waals surface area contributed by atoms with E-state index in [0.29, 0.717) is 19.5 Å². The van der Waals surface area contributed by atoms with Crippen LogP contribution >= 0.6 is 0 Å². The molecule has 136 valence electrons. The van der Waals surface area contributed by atoms with Gasteiger partial charge in [-0.3, -0.25) is 14.4 Å². The fourth-order valence-corrected chi connectivity index (χ4v) is 5.10. The van der Waals surface area contributed by atoms with Gasteiger partial charge in [0.2, 0.25) is 5.91 Å². The van der Waals surface area contributed by atoms with Crippen LogP contribution in [0.5, 0.6) is 0 Å². The van der Waals surface area contributed by atoms with E-state index in [2.05, 4.69) is 24.3 Å². The lowest BCUT2D eigenvalue weighted by Gasteiger charge is -2.22. The first-order chi connectivity index (χ1) is 11.2. The number of carbonyl (C=O) groups excluding carboxylic acids is 1. The van der Waals surface area contributed by atoms with Crippen LogP contribution in [-0.2, 0) is 27.6 Å². The zero-order chi connectivity index (χ0) is 17.9. The smallest absolute Gasteiger partial charge is 0.234 e. The summed E-state index contributed by atoms with van der Waals surface area (Å²) >= 11 is 0. The van der Waals surface area contributed by atoms with Crippen molar-refractivity contribution in [1.82, 2.24) is 20.0 Å². The summed E-state index contributed by atoms with van der Waals surface area (Å²) in [7, 11) is -1.12. The topological polar surface area (TPSA) is 84.3 Å². The van der Waals surface area contributed by atoms with Crippen LogP contribution in [0, 0.1) is 13.8 Å². The Bertz CT molecular complexity index is 696. The van der Waals surface area contributed by atoms with E-state index in [-0.39, 0.29) is 30.0 Å². The highest BCUT2D eigenvalue weighted by atomic mass is 32.2. The van der Waals surface area contributed by atoms with Crippen molar-refractivity contribution in [2.24, 2.45) is 0 Å². The largest absolute Gasteiger partial charge is 0.353 e. The van der Waals surface area contributed by atoms with Crippen molar-refractivity contribution in [2.45, 2.75) is 46.2 Å². The lowest BCUT2D eigenvalue weighted by atomic mass is 10.1.